The van der Waals surface area contributed by atoms with E-state index in [4.69, 9.17) is 22.6 Å². The van der Waals surface area contributed by atoms with Gasteiger partial charge in [0.05, 0.1) is 18.3 Å². The second-order valence-corrected chi connectivity index (χ2v) is 8.17. The van der Waals surface area contributed by atoms with Crippen LogP contribution in [0.15, 0.2) is 35.8 Å². The lowest BCUT2D eigenvalue weighted by atomic mass is 10.2. The van der Waals surface area contributed by atoms with Crippen molar-refractivity contribution in [2.24, 2.45) is 7.05 Å². The lowest BCUT2D eigenvalue weighted by molar-refractivity contribution is 0.193. The molecule has 1 saturated heterocycles. The molecule has 0 atom stereocenters. The third kappa shape index (κ3) is 3.99. The van der Waals surface area contributed by atoms with Gasteiger partial charge in [0.25, 0.3) is 0 Å². The maximum absolute atomic E-state index is 9.07. The fraction of sp³-hybridized carbons (Fsp3) is 0.368. The second-order valence-electron chi connectivity index (χ2n) is 6.77. The zero-order valence-corrected chi connectivity index (χ0v) is 17.3. The predicted molar refractivity (Wildman–Crippen MR) is 112 cm³/mol. The average Bonchev–Trinajstić information content (AvgIpc) is 3.33. The summed E-state index contributed by atoms with van der Waals surface area (Å²) in [6.45, 7) is 4.22. The van der Waals surface area contributed by atoms with Crippen molar-refractivity contribution in [1.29, 1.82) is 5.26 Å². The van der Waals surface area contributed by atoms with Crippen LogP contribution in [0, 0.1) is 16.1 Å². The highest BCUT2D eigenvalue weighted by atomic mass is 32.1. The Bertz CT molecular complexity index is 1040. The zero-order valence-electron chi connectivity index (χ0n) is 15.7. The van der Waals surface area contributed by atoms with E-state index in [1.165, 1.54) is 4.88 Å². The minimum Gasteiger partial charge on any atom is -0.354 e. The number of anilines is 1. The summed E-state index contributed by atoms with van der Waals surface area (Å²) in [5.74, 6) is 1.86. The van der Waals surface area contributed by atoms with Crippen LogP contribution in [0.4, 0.5) is 5.82 Å². The molecule has 0 N–H and O–H groups in total. The molecule has 0 saturated carbocycles. The van der Waals surface area contributed by atoms with Crippen molar-refractivity contribution in [3.05, 3.63) is 56.9 Å². The number of piperazine rings is 1. The third-order valence-electron chi connectivity index (χ3n) is 4.95. The van der Waals surface area contributed by atoms with Crippen molar-refractivity contribution in [3.8, 4) is 6.07 Å². The molecule has 0 spiro atoms. The number of hydrogen-bond donors (Lipinski definition) is 0. The molecule has 4 heterocycles. The molecule has 0 aliphatic carbocycles. The van der Waals surface area contributed by atoms with Crippen LogP contribution in [0.25, 0.3) is 0 Å². The van der Waals surface area contributed by atoms with E-state index in [1.54, 1.807) is 23.6 Å². The van der Waals surface area contributed by atoms with Crippen molar-refractivity contribution < 1.29 is 0 Å². The first-order valence-corrected chi connectivity index (χ1v) is 10.4. The van der Waals surface area contributed by atoms with E-state index in [-0.39, 0.29) is 0 Å². The standard InChI is InChI=1S/C19H21N7S2/c1-23-18(12-16-3-2-10-28-16)22-26(19(23)27)14-24-6-8-25(9-7-24)17-11-15(13-20)4-5-21-17/h2-5,10-11H,6-9,12,14H2,1H3. The largest absolute Gasteiger partial charge is 0.354 e. The monoisotopic (exact) mass is 411 g/mol. The molecule has 0 amide bonds. The molecule has 0 aromatic carbocycles. The number of aromatic nitrogens is 4. The Morgan fingerprint density at radius 1 is 1.25 bits per heavy atom. The van der Waals surface area contributed by atoms with Gasteiger partial charge in [-0.3, -0.25) is 4.90 Å². The van der Waals surface area contributed by atoms with Gasteiger partial charge in [0.15, 0.2) is 4.77 Å². The highest BCUT2D eigenvalue weighted by Crippen LogP contribution is 2.16. The predicted octanol–water partition coefficient (Wildman–Crippen LogP) is 2.65. The van der Waals surface area contributed by atoms with Crippen molar-refractivity contribution >= 4 is 29.4 Å². The van der Waals surface area contributed by atoms with Gasteiger partial charge < -0.3 is 9.47 Å². The first-order valence-electron chi connectivity index (χ1n) is 9.12. The number of thiophene rings is 1. The molecule has 0 radical (unpaired) electrons. The Hall–Kier alpha value is -2.54. The van der Waals surface area contributed by atoms with Gasteiger partial charge in [-0.15, -0.1) is 11.3 Å². The fourth-order valence-electron chi connectivity index (χ4n) is 3.32. The molecule has 3 aromatic rings. The summed E-state index contributed by atoms with van der Waals surface area (Å²) in [5, 5.41) is 15.9. The summed E-state index contributed by atoms with van der Waals surface area (Å²) >= 11 is 7.33. The van der Waals surface area contributed by atoms with Crippen LogP contribution in [-0.4, -0.2) is 50.4 Å². The van der Waals surface area contributed by atoms with E-state index in [1.807, 2.05) is 22.4 Å². The molecule has 0 unspecified atom stereocenters. The number of hydrogen-bond acceptors (Lipinski definition) is 7. The van der Waals surface area contributed by atoms with E-state index in [2.05, 4.69) is 38.4 Å². The maximum Gasteiger partial charge on any atom is 0.198 e. The zero-order chi connectivity index (χ0) is 19.5. The summed E-state index contributed by atoms with van der Waals surface area (Å²) < 4.78 is 4.67. The quantitative estimate of drug-likeness (QED) is 0.602. The van der Waals surface area contributed by atoms with Gasteiger partial charge in [-0.2, -0.15) is 10.4 Å². The van der Waals surface area contributed by atoms with Gasteiger partial charge in [-0.25, -0.2) is 9.67 Å². The highest BCUT2D eigenvalue weighted by molar-refractivity contribution is 7.71. The first-order chi connectivity index (χ1) is 13.6. The SMILES string of the molecule is Cn1c(Cc2cccs2)nn(CN2CCN(c3cc(C#N)ccn3)CC2)c1=S. The van der Waals surface area contributed by atoms with Gasteiger partial charge >= 0.3 is 0 Å². The molecular formula is C19H21N7S2. The molecule has 9 heteroatoms. The van der Waals surface area contributed by atoms with Crippen molar-refractivity contribution in [1.82, 2.24) is 24.2 Å². The summed E-state index contributed by atoms with van der Waals surface area (Å²) in [6, 6.07) is 9.94. The average molecular weight is 412 g/mol. The van der Waals surface area contributed by atoms with E-state index < -0.39 is 0 Å². The molecule has 3 aromatic heterocycles. The van der Waals surface area contributed by atoms with E-state index in [0.29, 0.717) is 12.2 Å². The fourth-order valence-corrected chi connectivity index (χ4v) is 4.22. The van der Waals surface area contributed by atoms with Crippen LogP contribution in [0.5, 0.6) is 0 Å². The lowest BCUT2D eigenvalue weighted by Crippen LogP contribution is -2.47. The number of nitrogens with zero attached hydrogens (tertiary/aromatic N) is 7. The van der Waals surface area contributed by atoms with Gasteiger partial charge in [-0.1, -0.05) is 6.07 Å². The van der Waals surface area contributed by atoms with Gasteiger partial charge in [0.2, 0.25) is 0 Å². The minimum atomic E-state index is 0.644. The Morgan fingerprint density at radius 3 is 2.79 bits per heavy atom. The van der Waals surface area contributed by atoms with Gasteiger partial charge in [0.1, 0.15) is 11.6 Å². The number of pyridine rings is 1. The van der Waals surface area contributed by atoms with Gasteiger partial charge in [-0.05, 0) is 35.8 Å². The first kappa shape index (κ1) is 18.8. The summed E-state index contributed by atoms with van der Waals surface area (Å²) in [5.41, 5.74) is 0.644. The summed E-state index contributed by atoms with van der Waals surface area (Å²) in [7, 11) is 1.99. The van der Waals surface area contributed by atoms with Crippen LogP contribution in [0.2, 0.25) is 0 Å². The molecule has 4 rings (SSSR count). The van der Waals surface area contributed by atoms with E-state index in [9.17, 15) is 0 Å². The molecular weight excluding hydrogens is 390 g/mol. The number of nitriles is 1. The Labute approximate surface area is 173 Å². The Morgan fingerprint density at radius 2 is 2.07 bits per heavy atom. The molecule has 1 fully saturated rings. The van der Waals surface area contributed by atoms with Crippen LogP contribution < -0.4 is 4.90 Å². The topological polar surface area (TPSA) is 65.9 Å². The van der Waals surface area contributed by atoms with Crippen molar-refractivity contribution in [3.63, 3.8) is 0 Å². The molecule has 144 valence electrons. The van der Waals surface area contributed by atoms with E-state index >= 15 is 0 Å². The smallest absolute Gasteiger partial charge is 0.198 e. The van der Waals surface area contributed by atoms with E-state index in [0.717, 1.165) is 49.0 Å². The van der Waals surface area contributed by atoms with Crippen LogP contribution in [-0.2, 0) is 20.1 Å². The summed E-state index contributed by atoms with van der Waals surface area (Å²) in [6.07, 6.45) is 2.50. The van der Waals surface area contributed by atoms with Crippen molar-refractivity contribution in [2.45, 2.75) is 13.1 Å². The molecule has 1 aliphatic rings. The van der Waals surface area contributed by atoms with Crippen LogP contribution in [0.3, 0.4) is 0 Å². The van der Waals surface area contributed by atoms with Crippen LogP contribution >= 0.6 is 23.6 Å². The van der Waals surface area contributed by atoms with Crippen molar-refractivity contribution in [2.75, 3.05) is 31.1 Å². The Balaban J connectivity index is 1.40. The molecule has 7 nitrogen and oxygen atoms in total. The lowest BCUT2D eigenvalue weighted by Gasteiger charge is -2.35. The minimum absolute atomic E-state index is 0.644. The summed E-state index contributed by atoms with van der Waals surface area (Å²) in [4.78, 5) is 10.3. The third-order valence-corrected chi connectivity index (χ3v) is 6.31. The highest BCUT2D eigenvalue weighted by Gasteiger charge is 2.20. The second kappa shape index (κ2) is 8.22. The number of rotatable bonds is 5. The molecule has 1 aliphatic heterocycles. The molecule has 28 heavy (non-hydrogen) atoms. The Kier molecular flexibility index (Phi) is 5.52. The molecule has 0 bridgehead atoms. The maximum atomic E-state index is 9.07. The van der Waals surface area contributed by atoms with Gasteiger partial charge in [0, 0.05) is 50.7 Å². The van der Waals surface area contributed by atoms with Crippen LogP contribution in [0.1, 0.15) is 16.3 Å². The normalized spacial score (nSPS) is 14.9.